The summed E-state index contributed by atoms with van der Waals surface area (Å²) in [5.41, 5.74) is 0. The number of aromatic nitrogens is 1. The maximum atomic E-state index is 11.1. The molecule has 1 rings (SSSR count). The van der Waals surface area contributed by atoms with Crippen LogP contribution in [-0.2, 0) is 9.53 Å². The number of carbonyl (C=O) groups is 1. The monoisotopic (exact) mass is 299 g/mol. The summed E-state index contributed by atoms with van der Waals surface area (Å²) in [6, 6.07) is 1.49. The van der Waals surface area contributed by atoms with Crippen LogP contribution in [0.5, 0.6) is 0 Å². The lowest BCUT2D eigenvalue weighted by atomic mass is 10.5. The van der Waals surface area contributed by atoms with Crippen molar-refractivity contribution in [1.82, 2.24) is 4.98 Å². The van der Waals surface area contributed by atoms with Gasteiger partial charge < -0.3 is 4.74 Å². The van der Waals surface area contributed by atoms with Crippen molar-refractivity contribution in [3.8, 4) is 0 Å². The van der Waals surface area contributed by atoms with Crippen LogP contribution in [0, 0.1) is 0 Å². The number of hydrogen-bond donors (Lipinski definition) is 0. The van der Waals surface area contributed by atoms with Gasteiger partial charge in [0.1, 0.15) is 10.2 Å². The molecule has 0 unspecified atom stereocenters. The second-order valence-electron chi connectivity index (χ2n) is 2.64. The Kier molecular flexibility index (Phi) is 5.69. The van der Waals surface area contributed by atoms with E-state index in [-0.39, 0.29) is 21.9 Å². The fourth-order valence-corrected chi connectivity index (χ4v) is 2.26. The molecule has 0 spiro atoms. The summed E-state index contributed by atoms with van der Waals surface area (Å²) in [5.74, 6) is -0.185. The third-order valence-corrected chi connectivity index (χ3v) is 3.52. The highest BCUT2D eigenvalue weighted by atomic mass is 35.5. The first-order valence-electron chi connectivity index (χ1n) is 4.34. The summed E-state index contributed by atoms with van der Waals surface area (Å²) < 4.78 is 4.77. The third kappa shape index (κ3) is 4.01. The van der Waals surface area contributed by atoms with E-state index in [0.29, 0.717) is 16.7 Å². The van der Waals surface area contributed by atoms with E-state index >= 15 is 0 Å². The second kappa shape index (κ2) is 6.55. The predicted octanol–water partition coefficient (Wildman–Crippen LogP) is 3.70. The van der Waals surface area contributed by atoms with E-state index in [0.717, 1.165) is 11.8 Å². The molecule has 1 aromatic rings. The molecule has 0 N–H and O–H groups in total. The minimum Gasteiger partial charge on any atom is -0.465 e. The van der Waals surface area contributed by atoms with Crippen LogP contribution >= 0.6 is 46.6 Å². The zero-order valence-electron chi connectivity index (χ0n) is 8.30. The van der Waals surface area contributed by atoms with Crippen molar-refractivity contribution in [1.29, 1.82) is 0 Å². The maximum absolute atomic E-state index is 11.1. The van der Waals surface area contributed by atoms with Gasteiger partial charge in [-0.3, -0.25) is 4.79 Å². The lowest BCUT2D eigenvalue weighted by Gasteiger charge is -2.04. The van der Waals surface area contributed by atoms with E-state index in [9.17, 15) is 4.79 Å². The van der Waals surface area contributed by atoms with E-state index in [1.54, 1.807) is 6.92 Å². The Morgan fingerprint density at radius 2 is 2.12 bits per heavy atom. The van der Waals surface area contributed by atoms with Crippen molar-refractivity contribution in [3.05, 3.63) is 21.3 Å². The number of ether oxygens (including phenoxy) is 1. The number of esters is 1. The van der Waals surface area contributed by atoms with Gasteiger partial charge in [0, 0.05) is 0 Å². The third-order valence-electron chi connectivity index (χ3n) is 1.49. The Hall–Kier alpha value is -0.160. The predicted molar refractivity (Wildman–Crippen MR) is 66.6 cm³/mol. The van der Waals surface area contributed by atoms with Gasteiger partial charge in [-0.15, -0.1) is 0 Å². The first kappa shape index (κ1) is 13.9. The van der Waals surface area contributed by atoms with Crippen LogP contribution in [0.15, 0.2) is 11.1 Å². The Morgan fingerprint density at radius 3 is 2.75 bits per heavy atom. The highest BCUT2D eigenvalue weighted by Crippen LogP contribution is 2.31. The summed E-state index contributed by atoms with van der Waals surface area (Å²) in [6.07, 6.45) is 0. The number of thioether (sulfide) groups is 1. The molecule has 0 aromatic carbocycles. The topological polar surface area (TPSA) is 39.2 Å². The van der Waals surface area contributed by atoms with Gasteiger partial charge in [0.05, 0.1) is 22.4 Å². The molecule has 0 bridgehead atoms. The van der Waals surface area contributed by atoms with Gasteiger partial charge in [-0.05, 0) is 13.0 Å². The largest absolute Gasteiger partial charge is 0.465 e. The summed E-state index contributed by atoms with van der Waals surface area (Å²) in [5, 5.41) is 1.28. The minimum absolute atomic E-state index is 0.137. The summed E-state index contributed by atoms with van der Waals surface area (Å²) in [4.78, 5) is 15.1. The smallest absolute Gasteiger partial charge is 0.316 e. The number of rotatable bonds is 4. The van der Waals surface area contributed by atoms with E-state index in [4.69, 9.17) is 39.5 Å². The highest BCUT2D eigenvalue weighted by molar-refractivity contribution is 8.00. The Balaban J connectivity index is 2.67. The highest BCUT2D eigenvalue weighted by Gasteiger charge is 2.10. The van der Waals surface area contributed by atoms with Crippen LogP contribution in [0.4, 0.5) is 0 Å². The number of pyridine rings is 1. The lowest BCUT2D eigenvalue weighted by molar-refractivity contribution is -0.139. The van der Waals surface area contributed by atoms with Crippen molar-refractivity contribution < 1.29 is 9.53 Å². The molecule has 3 nitrogen and oxygen atoms in total. The minimum atomic E-state index is -0.323. The number of halogens is 3. The van der Waals surface area contributed by atoms with E-state index in [1.165, 1.54) is 6.07 Å². The molecule has 88 valence electrons. The fourth-order valence-electron chi connectivity index (χ4n) is 0.860. The van der Waals surface area contributed by atoms with Gasteiger partial charge in [-0.1, -0.05) is 46.6 Å². The van der Waals surface area contributed by atoms with Crippen LogP contribution in [0.25, 0.3) is 0 Å². The van der Waals surface area contributed by atoms with Gasteiger partial charge in [0.2, 0.25) is 0 Å². The zero-order valence-corrected chi connectivity index (χ0v) is 11.4. The molecule has 0 amide bonds. The Morgan fingerprint density at radius 1 is 1.44 bits per heavy atom. The standard InChI is InChI=1S/C9H8Cl3NO2S/c1-2-15-7(14)4-16-9-6(11)3-5(10)8(12)13-9/h3H,2,4H2,1H3. The van der Waals surface area contributed by atoms with E-state index < -0.39 is 0 Å². The molecule has 1 aromatic heterocycles. The van der Waals surface area contributed by atoms with Gasteiger partial charge in [0.15, 0.2) is 0 Å². The second-order valence-corrected chi connectivity index (χ2v) is 4.78. The van der Waals surface area contributed by atoms with Crippen molar-refractivity contribution in [2.45, 2.75) is 11.9 Å². The van der Waals surface area contributed by atoms with Crippen LogP contribution in [-0.4, -0.2) is 23.3 Å². The molecule has 7 heteroatoms. The normalized spacial score (nSPS) is 10.2. The maximum Gasteiger partial charge on any atom is 0.316 e. The van der Waals surface area contributed by atoms with Gasteiger partial charge in [-0.25, -0.2) is 4.98 Å². The van der Waals surface area contributed by atoms with Gasteiger partial charge >= 0.3 is 5.97 Å². The average Bonchev–Trinajstić information content (AvgIpc) is 2.22. The molecule has 0 radical (unpaired) electrons. The number of nitrogens with zero attached hydrogens (tertiary/aromatic N) is 1. The number of carbonyl (C=O) groups excluding carboxylic acids is 1. The summed E-state index contributed by atoms with van der Waals surface area (Å²) >= 11 is 18.5. The average molecular weight is 301 g/mol. The Bertz CT molecular complexity index is 401. The van der Waals surface area contributed by atoms with Crippen molar-refractivity contribution in [3.63, 3.8) is 0 Å². The molecule has 0 atom stereocenters. The Labute approximate surface area is 112 Å². The van der Waals surface area contributed by atoms with Crippen molar-refractivity contribution in [2.75, 3.05) is 12.4 Å². The molecule has 0 aliphatic carbocycles. The molecule has 0 aliphatic rings. The zero-order chi connectivity index (χ0) is 12.1. The summed E-state index contributed by atoms with van der Waals surface area (Å²) in [7, 11) is 0. The molecule has 0 saturated carbocycles. The van der Waals surface area contributed by atoms with E-state index in [1.807, 2.05) is 0 Å². The van der Waals surface area contributed by atoms with Gasteiger partial charge in [-0.2, -0.15) is 0 Å². The first-order chi connectivity index (χ1) is 7.54. The molecule has 16 heavy (non-hydrogen) atoms. The quantitative estimate of drug-likeness (QED) is 0.483. The van der Waals surface area contributed by atoms with Crippen LogP contribution < -0.4 is 0 Å². The molecular formula is C9H8Cl3NO2S. The van der Waals surface area contributed by atoms with Crippen LogP contribution in [0.2, 0.25) is 15.2 Å². The first-order valence-corrected chi connectivity index (χ1v) is 6.46. The molecule has 1 heterocycles. The van der Waals surface area contributed by atoms with Crippen molar-refractivity contribution in [2.24, 2.45) is 0 Å². The van der Waals surface area contributed by atoms with E-state index in [2.05, 4.69) is 4.98 Å². The fraction of sp³-hybridized carbons (Fsp3) is 0.333. The SMILES string of the molecule is CCOC(=O)CSc1nc(Cl)c(Cl)cc1Cl. The summed E-state index contributed by atoms with van der Waals surface area (Å²) in [6.45, 7) is 2.09. The number of hydrogen-bond acceptors (Lipinski definition) is 4. The molecule has 0 saturated heterocycles. The van der Waals surface area contributed by atoms with Gasteiger partial charge in [0.25, 0.3) is 0 Å². The molecule has 0 fully saturated rings. The lowest BCUT2D eigenvalue weighted by Crippen LogP contribution is -2.06. The molecular weight excluding hydrogens is 293 g/mol. The molecule has 0 aliphatic heterocycles. The van der Waals surface area contributed by atoms with Crippen molar-refractivity contribution >= 4 is 52.5 Å². The van der Waals surface area contributed by atoms with Crippen LogP contribution in [0.1, 0.15) is 6.92 Å². The van der Waals surface area contributed by atoms with Crippen LogP contribution in [0.3, 0.4) is 0 Å².